The molecule has 0 bridgehead atoms. The number of nitrogens with one attached hydrogen (secondary N) is 1. The van der Waals surface area contributed by atoms with Crippen LogP contribution in [0.3, 0.4) is 0 Å². The van der Waals surface area contributed by atoms with Crippen LogP contribution in [0.2, 0.25) is 0 Å². The van der Waals surface area contributed by atoms with Crippen LogP contribution in [-0.2, 0) is 6.54 Å². The Bertz CT molecular complexity index is 350. The first-order valence-electron chi connectivity index (χ1n) is 5.42. The Balaban J connectivity index is 2.46. The van der Waals surface area contributed by atoms with Crippen LogP contribution in [0.15, 0.2) is 34.8 Å². The van der Waals surface area contributed by atoms with Gasteiger partial charge in [-0.05, 0) is 32.0 Å². The molecule has 3 heteroatoms. The fourth-order valence-corrected chi connectivity index (χ4v) is 1.78. The molecule has 0 aliphatic carbocycles. The van der Waals surface area contributed by atoms with Crippen molar-refractivity contribution in [2.75, 3.05) is 13.7 Å². The standard InChI is InChI=1S/C13H18BrNO/c1-3-4-5-8-15-10-11-6-7-12(14)9-13(11)16-2/h3-4,6-7,9,15H,5,8,10H2,1-2H3/b4-3+. The normalized spacial score (nSPS) is 10.9. The molecule has 0 radical (unpaired) electrons. The molecular formula is C13H18BrNO. The number of rotatable bonds is 6. The van der Waals surface area contributed by atoms with E-state index in [9.17, 15) is 0 Å². The average molecular weight is 284 g/mol. The summed E-state index contributed by atoms with van der Waals surface area (Å²) in [5.41, 5.74) is 1.19. The van der Waals surface area contributed by atoms with Crippen molar-refractivity contribution in [3.05, 3.63) is 40.4 Å². The van der Waals surface area contributed by atoms with Crippen molar-refractivity contribution < 1.29 is 4.74 Å². The van der Waals surface area contributed by atoms with Gasteiger partial charge in [-0.15, -0.1) is 0 Å². The van der Waals surface area contributed by atoms with E-state index in [1.165, 1.54) is 5.56 Å². The number of hydrogen-bond donors (Lipinski definition) is 1. The second-order valence-corrected chi connectivity index (χ2v) is 4.41. The summed E-state index contributed by atoms with van der Waals surface area (Å²) in [6.45, 7) is 3.87. The molecule has 88 valence electrons. The van der Waals surface area contributed by atoms with Crippen molar-refractivity contribution in [1.82, 2.24) is 5.32 Å². The van der Waals surface area contributed by atoms with Gasteiger partial charge in [-0.25, -0.2) is 0 Å². The summed E-state index contributed by atoms with van der Waals surface area (Å²) in [7, 11) is 1.70. The highest BCUT2D eigenvalue weighted by Crippen LogP contribution is 2.23. The third kappa shape index (κ3) is 4.37. The largest absolute Gasteiger partial charge is 0.496 e. The van der Waals surface area contributed by atoms with Gasteiger partial charge in [0, 0.05) is 16.6 Å². The highest BCUT2D eigenvalue weighted by molar-refractivity contribution is 9.10. The van der Waals surface area contributed by atoms with E-state index in [1.807, 2.05) is 19.1 Å². The van der Waals surface area contributed by atoms with E-state index in [4.69, 9.17) is 4.74 Å². The Kier molecular flexibility index (Phi) is 6.19. The van der Waals surface area contributed by atoms with E-state index in [0.29, 0.717) is 0 Å². The van der Waals surface area contributed by atoms with Gasteiger partial charge in [-0.1, -0.05) is 34.1 Å². The number of halogens is 1. The fraction of sp³-hybridized carbons (Fsp3) is 0.385. The molecule has 0 amide bonds. The Morgan fingerprint density at radius 2 is 2.25 bits per heavy atom. The molecule has 0 heterocycles. The maximum absolute atomic E-state index is 5.32. The highest BCUT2D eigenvalue weighted by atomic mass is 79.9. The van der Waals surface area contributed by atoms with E-state index in [0.717, 1.165) is 29.7 Å². The monoisotopic (exact) mass is 283 g/mol. The SMILES string of the molecule is C/C=C/CCNCc1ccc(Br)cc1OC. The van der Waals surface area contributed by atoms with Gasteiger partial charge in [0.25, 0.3) is 0 Å². The van der Waals surface area contributed by atoms with E-state index in [1.54, 1.807) is 7.11 Å². The maximum atomic E-state index is 5.32. The molecular weight excluding hydrogens is 266 g/mol. The molecule has 1 rings (SSSR count). The molecule has 0 aliphatic rings. The molecule has 0 unspecified atom stereocenters. The first kappa shape index (κ1) is 13.3. The Hall–Kier alpha value is -0.800. The predicted molar refractivity (Wildman–Crippen MR) is 71.8 cm³/mol. The maximum Gasteiger partial charge on any atom is 0.124 e. The molecule has 0 aromatic heterocycles. The molecule has 0 saturated carbocycles. The smallest absolute Gasteiger partial charge is 0.124 e. The summed E-state index contributed by atoms with van der Waals surface area (Å²) < 4.78 is 6.36. The summed E-state index contributed by atoms with van der Waals surface area (Å²) in [5, 5.41) is 3.38. The number of hydrogen-bond acceptors (Lipinski definition) is 2. The van der Waals surface area contributed by atoms with E-state index in [2.05, 4.69) is 39.5 Å². The van der Waals surface area contributed by atoms with Crippen LogP contribution in [-0.4, -0.2) is 13.7 Å². The molecule has 0 fully saturated rings. The summed E-state index contributed by atoms with van der Waals surface area (Å²) in [6.07, 6.45) is 5.29. The molecule has 0 saturated heterocycles. The molecule has 1 aromatic carbocycles. The van der Waals surface area contributed by atoms with Crippen molar-refractivity contribution in [2.45, 2.75) is 19.9 Å². The lowest BCUT2D eigenvalue weighted by molar-refractivity contribution is 0.407. The Labute approximate surface area is 106 Å². The second-order valence-electron chi connectivity index (χ2n) is 3.49. The lowest BCUT2D eigenvalue weighted by Crippen LogP contribution is -2.14. The van der Waals surface area contributed by atoms with Crippen molar-refractivity contribution in [3.8, 4) is 5.75 Å². The van der Waals surface area contributed by atoms with Gasteiger partial charge in [-0.2, -0.15) is 0 Å². The minimum atomic E-state index is 0.841. The predicted octanol–water partition coefficient (Wildman–Crippen LogP) is 3.51. The molecule has 0 aliphatic heterocycles. The van der Waals surface area contributed by atoms with E-state index < -0.39 is 0 Å². The molecule has 2 nitrogen and oxygen atoms in total. The minimum Gasteiger partial charge on any atom is -0.496 e. The van der Waals surface area contributed by atoms with Crippen LogP contribution in [0.25, 0.3) is 0 Å². The zero-order valence-electron chi connectivity index (χ0n) is 9.79. The summed E-state index contributed by atoms with van der Waals surface area (Å²) in [5.74, 6) is 0.924. The number of allylic oxidation sites excluding steroid dienone is 1. The third-order valence-corrected chi connectivity index (χ3v) is 2.78. The molecule has 0 atom stereocenters. The van der Waals surface area contributed by atoms with Crippen molar-refractivity contribution in [2.24, 2.45) is 0 Å². The number of benzene rings is 1. The highest BCUT2D eigenvalue weighted by Gasteiger charge is 2.02. The van der Waals surface area contributed by atoms with Crippen LogP contribution < -0.4 is 10.1 Å². The van der Waals surface area contributed by atoms with Gasteiger partial charge in [0.1, 0.15) is 5.75 Å². The zero-order chi connectivity index (χ0) is 11.8. The van der Waals surface area contributed by atoms with Gasteiger partial charge < -0.3 is 10.1 Å². The first-order chi connectivity index (χ1) is 7.77. The topological polar surface area (TPSA) is 21.3 Å². The van der Waals surface area contributed by atoms with Crippen molar-refractivity contribution in [3.63, 3.8) is 0 Å². The van der Waals surface area contributed by atoms with Gasteiger partial charge >= 0.3 is 0 Å². The lowest BCUT2D eigenvalue weighted by atomic mass is 10.2. The number of ether oxygens (including phenoxy) is 1. The second kappa shape index (κ2) is 7.47. The quantitative estimate of drug-likeness (QED) is 0.637. The lowest BCUT2D eigenvalue weighted by Gasteiger charge is -2.09. The van der Waals surface area contributed by atoms with Crippen LogP contribution in [0, 0.1) is 0 Å². The van der Waals surface area contributed by atoms with Crippen LogP contribution in [0.5, 0.6) is 5.75 Å². The van der Waals surface area contributed by atoms with E-state index >= 15 is 0 Å². The summed E-state index contributed by atoms with van der Waals surface area (Å²) >= 11 is 3.43. The first-order valence-corrected chi connectivity index (χ1v) is 6.21. The van der Waals surface area contributed by atoms with Crippen LogP contribution >= 0.6 is 15.9 Å². The molecule has 1 aromatic rings. The molecule has 16 heavy (non-hydrogen) atoms. The van der Waals surface area contributed by atoms with Crippen LogP contribution in [0.1, 0.15) is 18.9 Å². The zero-order valence-corrected chi connectivity index (χ0v) is 11.4. The third-order valence-electron chi connectivity index (χ3n) is 2.29. The average Bonchev–Trinajstić information content (AvgIpc) is 2.30. The minimum absolute atomic E-state index is 0.841. The number of methoxy groups -OCH3 is 1. The van der Waals surface area contributed by atoms with Crippen molar-refractivity contribution >= 4 is 15.9 Å². The van der Waals surface area contributed by atoms with Gasteiger partial charge in [0.2, 0.25) is 0 Å². The molecule has 0 spiro atoms. The molecule has 1 N–H and O–H groups in total. The van der Waals surface area contributed by atoms with Gasteiger partial charge in [0.15, 0.2) is 0 Å². The Morgan fingerprint density at radius 3 is 2.94 bits per heavy atom. The Morgan fingerprint density at radius 1 is 1.44 bits per heavy atom. The van der Waals surface area contributed by atoms with Crippen LogP contribution in [0.4, 0.5) is 0 Å². The fourth-order valence-electron chi connectivity index (χ4n) is 1.44. The summed E-state index contributed by atoms with van der Waals surface area (Å²) in [6, 6.07) is 6.10. The van der Waals surface area contributed by atoms with Gasteiger partial charge in [0.05, 0.1) is 7.11 Å². The summed E-state index contributed by atoms with van der Waals surface area (Å²) in [4.78, 5) is 0. The van der Waals surface area contributed by atoms with Gasteiger partial charge in [-0.3, -0.25) is 0 Å². The van der Waals surface area contributed by atoms with E-state index in [-0.39, 0.29) is 0 Å². The van der Waals surface area contributed by atoms with Crippen molar-refractivity contribution in [1.29, 1.82) is 0 Å².